The van der Waals surface area contributed by atoms with Crippen LogP contribution < -0.4 is 4.90 Å². The fourth-order valence-corrected chi connectivity index (χ4v) is 2.37. The number of anilines is 1. The van der Waals surface area contributed by atoms with Crippen molar-refractivity contribution in [2.75, 3.05) is 24.4 Å². The monoisotopic (exact) mass is 347 g/mol. The number of carbonyl (C=O) groups is 2. The van der Waals surface area contributed by atoms with Crippen LogP contribution in [0.1, 0.15) is 16.9 Å². The van der Waals surface area contributed by atoms with Gasteiger partial charge in [-0.2, -0.15) is 0 Å². The zero-order chi connectivity index (χ0) is 14.0. The normalized spacial score (nSPS) is 18.8. The molecule has 1 fully saturated rings. The second-order valence-corrected chi connectivity index (χ2v) is 5.21. The second kappa shape index (κ2) is 5.83. The molecule has 8 heteroatoms. The highest BCUT2D eigenvalue weighted by atomic mass is 79.9. The maximum Gasteiger partial charge on any atom is 0.360 e. The lowest BCUT2D eigenvalue weighted by molar-refractivity contribution is -0.117. The molecule has 1 aliphatic heterocycles. The third-order valence-electron chi connectivity index (χ3n) is 2.78. The minimum absolute atomic E-state index is 0.0143. The van der Waals surface area contributed by atoms with Crippen molar-refractivity contribution in [1.82, 2.24) is 9.97 Å². The van der Waals surface area contributed by atoms with Gasteiger partial charge >= 0.3 is 5.97 Å². The number of ether oxygens (including phenoxy) is 1. The fourth-order valence-electron chi connectivity index (χ4n) is 1.88. The summed E-state index contributed by atoms with van der Waals surface area (Å²) in [7, 11) is 1.25. The first-order chi connectivity index (χ1) is 9.06. The van der Waals surface area contributed by atoms with Crippen molar-refractivity contribution in [2.24, 2.45) is 5.92 Å². The van der Waals surface area contributed by atoms with Gasteiger partial charge in [-0.15, -0.1) is 11.6 Å². The minimum atomic E-state index is -0.633. The molecule has 0 spiro atoms. The van der Waals surface area contributed by atoms with Crippen molar-refractivity contribution in [1.29, 1.82) is 0 Å². The van der Waals surface area contributed by atoms with Crippen molar-refractivity contribution in [3.8, 4) is 0 Å². The Morgan fingerprint density at radius 3 is 3.00 bits per heavy atom. The Balaban J connectivity index is 2.39. The van der Waals surface area contributed by atoms with Crippen molar-refractivity contribution in [3.63, 3.8) is 0 Å². The predicted molar refractivity (Wildman–Crippen MR) is 72.3 cm³/mol. The highest BCUT2D eigenvalue weighted by Crippen LogP contribution is 2.27. The molecule has 1 unspecified atom stereocenters. The highest BCUT2D eigenvalue weighted by molar-refractivity contribution is 9.10. The lowest BCUT2D eigenvalue weighted by Gasteiger charge is -2.17. The SMILES string of the molecule is COC(=O)c1nc(Br)cnc1N1CC(CCl)CC1=O. The maximum atomic E-state index is 11.9. The largest absolute Gasteiger partial charge is 0.464 e. The number of alkyl halides is 1. The Labute approximate surface area is 123 Å². The molecule has 1 aromatic rings. The quantitative estimate of drug-likeness (QED) is 0.613. The number of amides is 1. The van der Waals surface area contributed by atoms with Crippen LogP contribution in [0.3, 0.4) is 0 Å². The van der Waals surface area contributed by atoms with Crippen molar-refractivity contribution >= 4 is 45.2 Å². The smallest absolute Gasteiger partial charge is 0.360 e. The number of esters is 1. The van der Waals surface area contributed by atoms with Gasteiger partial charge in [-0.1, -0.05) is 0 Å². The Kier molecular flexibility index (Phi) is 4.36. The summed E-state index contributed by atoms with van der Waals surface area (Å²) in [6.07, 6.45) is 1.78. The van der Waals surface area contributed by atoms with Gasteiger partial charge in [0.2, 0.25) is 5.91 Å². The molecular formula is C11H11BrClN3O3. The molecule has 1 aliphatic rings. The molecule has 2 heterocycles. The van der Waals surface area contributed by atoms with Crippen LogP contribution in [0.2, 0.25) is 0 Å². The van der Waals surface area contributed by atoms with Gasteiger partial charge in [0.15, 0.2) is 11.5 Å². The van der Waals surface area contributed by atoms with E-state index in [0.717, 1.165) is 0 Å². The molecule has 0 aliphatic carbocycles. The van der Waals surface area contributed by atoms with E-state index < -0.39 is 5.97 Å². The zero-order valence-electron chi connectivity index (χ0n) is 10.1. The second-order valence-electron chi connectivity index (χ2n) is 4.09. The summed E-state index contributed by atoms with van der Waals surface area (Å²) < 4.78 is 5.05. The fraction of sp³-hybridized carbons (Fsp3) is 0.455. The molecule has 0 aromatic carbocycles. The molecule has 0 bridgehead atoms. The summed E-state index contributed by atoms with van der Waals surface area (Å²) in [4.78, 5) is 33.2. The predicted octanol–water partition coefficient (Wildman–Crippen LogP) is 1.62. The Bertz CT molecular complexity index is 526. The van der Waals surface area contributed by atoms with E-state index in [1.165, 1.54) is 18.2 Å². The molecular weight excluding hydrogens is 337 g/mol. The average molecular weight is 349 g/mol. The van der Waals surface area contributed by atoms with Gasteiger partial charge in [0.05, 0.1) is 13.3 Å². The van der Waals surface area contributed by atoms with Crippen LogP contribution in [0.25, 0.3) is 0 Å². The van der Waals surface area contributed by atoms with Crippen LogP contribution in [-0.4, -0.2) is 41.4 Å². The van der Waals surface area contributed by atoms with Crippen molar-refractivity contribution in [3.05, 3.63) is 16.5 Å². The van der Waals surface area contributed by atoms with Crippen molar-refractivity contribution in [2.45, 2.75) is 6.42 Å². The van der Waals surface area contributed by atoms with Crippen LogP contribution in [0.4, 0.5) is 5.82 Å². The summed E-state index contributed by atoms with van der Waals surface area (Å²) in [6.45, 7) is 0.433. The van der Waals surface area contributed by atoms with Crippen LogP contribution in [0, 0.1) is 5.92 Å². The number of hydrogen-bond donors (Lipinski definition) is 0. The third-order valence-corrected chi connectivity index (χ3v) is 3.60. The number of carbonyl (C=O) groups excluding carboxylic acids is 2. The lowest BCUT2D eigenvalue weighted by atomic mass is 10.1. The van der Waals surface area contributed by atoms with E-state index in [1.807, 2.05) is 0 Å². The standard InChI is InChI=1S/C11H11BrClN3O3/c1-19-11(18)9-10(14-4-7(12)15-9)16-5-6(3-13)2-8(16)17/h4,6H,2-3,5H2,1H3. The molecule has 1 atom stereocenters. The number of aromatic nitrogens is 2. The summed E-state index contributed by atoms with van der Waals surface area (Å²) >= 11 is 8.90. The summed E-state index contributed by atoms with van der Waals surface area (Å²) in [6, 6.07) is 0. The molecule has 1 amide bonds. The van der Waals surface area contributed by atoms with E-state index in [0.29, 0.717) is 23.4 Å². The number of rotatable bonds is 3. The van der Waals surface area contributed by atoms with E-state index >= 15 is 0 Å². The van der Waals surface area contributed by atoms with E-state index in [4.69, 9.17) is 11.6 Å². The molecule has 0 N–H and O–H groups in total. The first kappa shape index (κ1) is 14.2. The first-order valence-electron chi connectivity index (χ1n) is 5.54. The number of halogens is 2. The number of methoxy groups -OCH3 is 1. The molecule has 19 heavy (non-hydrogen) atoms. The van der Waals surface area contributed by atoms with Gasteiger partial charge in [-0.05, 0) is 21.8 Å². The maximum absolute atomic E-state index is 11.9. The average Bonchev–Trinajstić information content (AvgIpc) is 2.79. The molecule has 6 nitrogen and oxygen atoms in total. The molecule has 1 saturated heterocycles. The summed E-state index contributed by atoms with van der Waals surface area (Å²) in [5.41, 5.74) is 0.0143. The molecule has 2 rings (SSSR count). The number of nitrogens with zero attached hydrogens (tertiary/aromatic N) is 3. The zero-order valence-corrected chi connectivity index (χ0v) is 12.4. The number of hydrogen-bond acceptors (Lipinski definition) is 5. The topological polar surface area (TPSA) is 72.4 Å². The Morgan fingerprint density at radius 1 is 1.68 bits per heavy atom. The third kappa shape index (κ3) is 2.87. The van der Waals surface area contributed by atoms with Crippen molar-refractivity contribution < 1.29 is 14.3 Å². The first-order valence-corrected chi connectivity index (χ1v) is 6.86. The van der Waals surface area contributed by atoms with E-state index in [-0.39, 0.29) is 23.3 Å². The van der Waals surface area contributed by atoms with E-state index in [2.05, 4.69) is 30.6 Å². The van der Waals surface area contributed by atoms with Gasteiger partial charge < -0.3 is 4.74 Å². The van der Waals surface area contributed by atoms with E-state index in [1.54, 1.807) is 0 Å². The van der Waals surface area contributed by atoms with E-state index in [9.17, 15) is 9.59 Å². The van der Waals surface area contributed by atoms with Crippen LogP contribution in [0.5, 0.6) is 0 Å². The van der Waals surface area contributed by atoms with Crippen LogP contribution >= 0.6 is 27.5 Å². The van der Waals surface area contributed by atoms with Gasteiger partial charge in [-0.3, -0.25) is 9.69 Å². The van der Waals surface area contributed by atoms with Crippen LogP contribution in [0.15, 0.2) is 10.8 Å². The Hall–Kier alpha value is -1.21. The van der Waals surface area contributed by atoms with Gasteiger partial charge in [0.25, 0.3) is 0 Å². The Morgan fingerprint density at radius 2 is 2.42 bits per heavy atom. The molecule has 102 valence electrons. The minimum Gasteiger partial charge on any atom is -0.464 e. The molecule has 1 aromatic heterocycles. The summed E-state index contributed by atoms with van der Waals surface area (Å²) in [5, 5.41) is 0. The van der Waals surface area contributed by atoms with Gasteiger partial charge in [0.1, 0.15) is 4.60 Å². The lowest BCUT2D eigenvalue weighted by Crippen LogP contribution is -2.28. The van der Waals surface area contributed by atoms with Gasteiger partial charge in [-0.25, -0.2) is 14.8 Å². The van der Waals surface area contributed by atoms with Gasteiger partial charge in [0, 0.05) is 18.8 Å². The summed E-state index contributed by atoms with van der Waals surface area (Å²) in [5.74, 6) is -0.0872. The van der Waals surface area contributed by atoms with Crippen LogP contribution in [-0.2, 0) is 9.53 Å². The molecule has 0 saturated carbocycles. The highest BCUT2D eigenvalue weighted by Gasteiger charge is 2.34. The molecule has 0 radical (unpaired) electrons.